The Morgan fingerprint density at radius 3 is 2.64 bits per heavy atom. The van der Waals surface area contributed by atoms with Crippen LogP contribution in [-0.2, 0) is 17.8 Å². The van der Waals surface area contributed by atoms with Crippen LogP contribution in [0.2, 0.25) is 5.02 Å². The highest BCUT2D eigenvalue weighted by Crippen LogP contribution is 2.38. The van der Waals surface area contributed by atoms with Crippen molar-refractivity contribution in [2.45, 2.75) is 13.0 Å². The van der Waals surface area contributed by atoms with E-state index in [1.165, 1.54) is 12.1 Å². The minimum absolute atomic E-state index is 0.0566. The van der Waals surface area contributed by atoms with Gasteiger partial charge < -0.3 is 19.3 Å². The SMILES string of the molecule is CN(C)CCN(Cc1cccc(F)c1)C(=O)Cc1cc(Cl)c2c(c1)OCCO2. The highest BCUT2D eigenvalue weighted by Gasteiger charge is 2.20. The van der Waals surface area contributed by atoms with Crippen LogP contribution >= 0.6 is 11.6 Å². The van der Waals surface area contributed by atoms with Crippen molar-refractivity contribution in [3.8, 4) is 11.5 Å². The lowest BCUT2D eigenvalue weighted by Crippen LogP contribution is -2.37. The van der Waals surface area contributed by atoms with Gasteiger partial charge in [-0.1, -0.05) is 23.7 Å². The fourth-order valence-electron chi connectivity index (χ4n) is 3.02. The Morgan fingerprint density at radius 1 is 1.11 bits per heavy atom. The lowest BCUT2D eigenvalue weighted by atomic mass is 10.1. The third kappa shape index (κ3) is 5.36. The largest absolute Gasteiger partial charge is 0.486 e. The van der Waals surface area contributed by atoms with E-state index >= 15 is 0 Å². The molecular formula is C21H24ClFN2O3. The zero-order chi connectivity index (χ0) is 20.1. The zero-order valence-electron chi connectivity index (χ0n) is 16.1. The molecule has 0 unspecified atom stereocenters. The van der Waals surface area contributed by atoms with Gasteiger partial charge in [0.05, 0.1) is 11.4 Å². The smallest absolute Gasteiger partial charge is 0.227 e. The first-order valence-corrected chi connectivity index (χ1v) is 9.55. The average molecular weight is 407 g/mol. The third-order valence-electron chi connectivity index (χ3n) is 4.44. The molecule has 150 valence electrons. The first-order valence-electron chi connectivity index (χ1n) is 9.17. The van der Waals surface area contributed by atoms with Crippen LogP contribution in [0.4, 0.5) is 4.39 Å². The zero-order valence-corrected chi connectivity index (χ0v) is 16.8. The summed E-state index contributed by atoms with van der Waals surface area (Å²) in [7, 11) is 3.90. The Labute approximate surface area is 169 Å². The van der Waals surface area contributed by atoms with E-state index in [0.29, 0.717) is 49.4 Å². The number of hydrogen-bond acceptors (Lipinski definition) is 4. The number of hydrogen-bond donors (Lipinski definition) is 0. The van der Waals surface area contributed by atoms with Crippen molar-refractivity contribution in [1.82, 2.24) is 9.80 Å². The number of carbonyl (C=O) groups excluding carboxylic acids is 1. The summed E-state index contributed by atoms with van der Waals surface area (Å²) in [6.07, 6.45) is 0.180. The second-order valence-electron chi connectivity index (χ2n) is 7.03. The van der Waals surface area contributed by atoms with Gasteiger partial charge in [-0.25, -0.2) is 4.39 Å². The molecule has 1 aliphatic heterocycles. The maximum atomic E-state index is 13.5. The summed E-state index contributed by atoms with van der Waals surface area (Å²) in [5, 5.41) is 0.435. The maximum Gasteiger partial charge on any atom is 0.227 e. The first-order chi connectivity index (χ1) is 13.4. The Balaban J connectivity index is 1.76. The fourth-order valence-corrected chi connectivity index (χ4v) is 3.31. The number of benzene rings is 2. The van der Waals surface area contributed by atoms with E-state index in [1.807, 2.05) is 25.1 Å². The van der Waals surface area contributed by atoms with Crippen molar-refractivity contribution in [3.05, 3.63) is 58.4 Å². The summed E-state index contributed by atoms with van der Waals surface area (Å²) in [6, 6.07) is 9.85. The van der Waals surface area contributed by atoms with Crippen LogP contribution in [0.3, 0.4) is 0 Å². The van der Waals surface area contributed by atoms with Gasteiger partial charge in [-0.15, -0.1) is 0 Å². The van der Waals surface area contributed by atoms with Crippen molar-refractivity contribution in [2.75, 3.05) is 40.4 Å². The van der Waals surface area contributed by atoms with Gasteiger partial charge in [-0.2, -0.15) is 0 Å². The van der Waals surface area contributed by atoms with Crippen molar-refractivity contribution in [1.29, 1.82) is 0 Å². The van der Waals surface area contributed by atoms with Gasteiger partial charge in [0.2, 0.25) is 5.91 Å². The standard InChI is InChI=1S/C21H24ClFN2O3/c1-24(2)6-7-25(14-15-4-3-5-17(23)10-15)20(26)13-16-11-18(22)21-19(12-16)27-8-9-28-21/h3-5,10-12H,6-9,13-14H2,1-2H3. The molecule has 0 bridgehead atoms. The summed E-state index contributed by atoms with van der Waals surface area (Å²) in [4.78, 5) is 16.7. The molecule has 2 aromatic carbocycles. The summed E-state index contributed by atoms with van der Waals surface area (Å²) >= 11 is 6.28. The summed E-state index contributed by atoms with van der Waals surface area (Å²) in [5.41, 5.74) is 1.51. The molecule has 1 amide bonds. The molecule has 1 heterocycles. The number of carbonyl (C=O) groups is 1. The summed E-state index contributed by atoms with van der Waals surface area (Å²) < 4.78 is 24.6. The van der Waals surface area contributed by atoms with E-state index < -0.39 is 0 Å². The van der Waals surface area contributed by atoms with Crippen LogP contribution in [0, 0.1) is 5.82 Å². The Bertz CT molecular complexity index is 844. The van der Waals surface area contributed by atoms with E-state index in [2.05, 4.69) is 0 Å². The second kappa shape index (κ2) is 9.26. The van der Waals surface area contributed by atoms with E-state index in [0.717, 1.165) is 11.1 Å². The minimum atomic E-state index is -0.309. The van der Waals surface area contributed by atoms with Crippen molar-refractivity contribution < 1.29 is 18.7 Å². The molecule has 1 aliphatic rings. The molecule has 7 heteroatoms. The molecule has 0 saturated heterocycles. The van der Waals surface area contributed by atoms with Crippen LogP contribution in [0.15, 0.2) is 36.4 Å². The summed E-state index contributed by atoms with van der Waals surface area (Å²) in [5.74, 6) is 0.717. The molecule has 0 radical (unpaired) electrons. The predicted octanol–water partition coefficient (Wildman–Crippen LogP) is 3.38. The van der Waals surface area contributed by atoms with Gasteiger partial charge in [0.1, 0.15) is 19.0 Å². The Morgan fingerprint density at radius 2 is 1.89 bits per heavy atom. The van der Waals surface area contributed by atoms with E-state index in [-0.39, 0.29) is 18.1 Å². The summed E-state index contributed by atoms with van der Waals surface area (Å²) in [6.45, 7) is 2.51. The molecule has 0 aliphatic carbocycles. The van der Waals surface area contributed by atoms with Crippen LogP contribution in [0.1, 0.15) is 11.1 Å². The lowest BCUT2D eigenvalue weighted by molar-refractivity contribution is -0.131. The monoisotopic (exact) mass is 406 g/mol. The molecule has 0 saturated carbocycles. The third-order valence-corrected chi connectivity index (χ3v) is 4.73. The van der Waals surface area contributed by atoms with Crippen LogP contribution in [0.5, 0.6) is 11.5 Å². The van der Waals surface area contributed by atoms with Crippen LogP contribution in [-0.4, -0.2) is 56.1 Å². The highest BCUT2D eigenvalue weighted by atomic mass is 35.5. The highest BCUT2D eigenvalue weighted by molar-refractivity contribution is 6.32. The van der Waals surface area contributed by atoms with Gasteiger partial charge >= 0.3 is 0 Å². The lowest BCUT2D eigenvalue weighted by Gasteiger charge is -2.25. The van der Waals surface area contributed by atoms with Gasteiger partial charge in [0.25, 0.3) is 0 Å². The van der Waals surface area contributed by atoms with Gasteiger partial charge in [-0.05, 0) is 49.5 Å². The number of likely N-dealkylation sites (N-methyl/N-ethyl adjacent to an activating group) is 1. The van der Waals surface area contributed by atoms with Gasteiger partial charge in [-0.3, -0.25) is 4.79 Å². The van der Waals surface area contributed by atoms with E-state index in [1.54, 1.807) is 23.1 Å². The van der Waals surface area contributed by atoms with Crippen LogP contribution in [0.25, 0.3) is 0 Å². The maximum absolute atomic E-state index is 13.5. The van der Waals surface area contributed by atoms with Crippen molar-refractivity contribution >= 4 is 17.5 Å². The molecule has 2 aromatic rings. The predicted molar refractivity (Wildman–Crippen MR) is 107 cm³/mol. The Hall–Kier alpha value is -2.31. The fraction of sp³-hybridized carbons (Fsp3) is 0.381. The van der Waals surface area contributed by atoms with Crippen molar-refractivity contribution in [2.24, 2.45) is 0 Å². The van der Waals surface area contributed by atoms with Crippen LogP contribution < -0.4 is 9.47 Å². The molecule has 3 rings (SSSR count). The van der Waals surface area contributed by atoms with Gasteiger partial charge in [0.15, 0.2) is 11.5 Å². The number of ether oxygens (including phenoxy) is 2. The molecule has 0 N–H and O–H groups in total. The molecule has 0 fully saturated rings. The quantitative estimate of drug-likeness (QED) is 0.707. The minimum Gasteiger partial charge on any atom is -0.486 e. The molecule has 0 aromatic heterocycles. The molecule has 0 spiro atoms. The normalized spacial score (nSPS) is 12.9. The number of halogens is 2. The first kappa shape index (κ1) is 20.4. The number of amides is 1. The number of rotatable bonds is 7. The Kier molecular flexibility index (Phi) is 6.75. The van der Waals surface area contributed by atoms with Gasteiger partial charge in [0, 0.05) is 19.6 Å². The molecular weight excluding hydrogens is 383 g/mol. The van der Waals surface area contributed by atoms with E-state index in [4.69, 9.17) is 21.1 Å². The molecule has 5 nitrogen and oxygen atoms in total. The van der Waals surface area contributed by atoms with E-state index in [9.17, 15) is 9.18 Å². The topological polar surface area (TPSA) is 42.0 Å². The number of nitrogens with zero attached hydrogens (tertiary/aromatic N) is 2. The average Bonchev–Trinajstić information content (AvgIpc) is 2.65. The second-order valence-corrected chi connectivity index (χ2v) is 7.43. The molecule has 28 heavy (non-hydrogen) atoms. The molecule has 0 atom stereocenters. The number of fused-ring (bicyclic) bond motifs is 1. The van der Waals surface area contributed by atoms with Crippen molar-refractivity contribution in [3.63, 3.8) is 0 Å².